The highest BCUT2D eigenvalue weighted by Crippen LogP contribution is 2.37. The van der Waals surface area contributed by atoms with E-state index in [1.165, 1.54) is 19.2 Å². The third-order valence-corrected chi connectivity index (χ3v) is 5.51. The summed E-state index contributed by atoms with van der Waals surface area (Å²) >= 11 is 0. The summed E-state index contributed by atoms with van der Waals surface area (Å²) in [6, 6.07) is 16.0. The first-order valence-electron chi connectivity index (χ1n) is 9.02. The molecule has 0 radical (unpaired) electrons. The number of hydroxylamine groups is 2. The molecule has 1 aromatic heterocycles. The maximum atomic E-state index is 11.6. The molecule has 0 bridgehead atoms. The molecule has 8 heteroatoms. The maximum absolute atomic E-state index is 11.6. The van der Waals surface area contributed by atoms with Gasteiger partial charge in [-0.2, -0.15) is 0 Å². The summed E-state index contributed by atoms with van der Waals surface area (Å²) in [6.45, 7) is 0. The van der Waals surface area contributed by atoms with E-state index in [0.717, 1.165) is 28.0 Å². The number of primary sulfonamides is 1. The Hall–Kier alpha value is -2.94. The molecule has 1 heterocycles. The summed E-state index contributed by atoms with van der Waals surface area (Å²) in [5.74, 6) is 0.353. The van der Waals surface area contributed by atoms with Crippen molar-refractivity contribution in [2.24, 2.45) is 5.14 Å². The predicted octanol–water partition coefficient (Wildman–Crippen LogP) is 3.43. The van der Waals surface area contributed by atoms with Gasteiger partial charge in [-0.3, -0.25) is 10.0 Å². The minimum Gasteiger partial charge on any atom is -0.468 e. The molecule has 3 rings (SSSR count). The van der Waals surface area contributed by atoms with Crippen molar-refractivity contribution >= 4 is 15.9 Å². The molecule has 1 amide bonds. The van der Waals surface area contributed by atoms with Gasteiger partial charge >= 0.3 is 0 Å². The van der Waals surface area contributed by atoms with Crippen LogP contribution in [-0.2, 0) is 21.2 Å². The molecule has 0 atom stereocenters. The van der Waals surface area contributed by atoms with Gasteiger partial charge in [0.25, 0.3) is 0 Å². The molecule has 0 saturated heterocycles. The Labute approximate surface area is 169 Å². The average molecular weight is 414 g/mol. The van der Waals surface area contributed by atoms with Gasteiger partial charge in [-0.15, -0.1) is 0 Å². The standard InChI is InChI=1S/C21H22N2O5S/c1-23(25)20(24)9-5-8-19-21(16-6-3-2-4-7-16)18(14-28-19)15-10-12-17(13-11-15)29(22,26)27/h2-4,6-7,10-14,25H,5,8-9H2,1H3,(H2,22,26,27). The number of sulfonamides is 1. The van der Waals surface area contributed by atoms with Gasteiger partial charge in [0.1, 0.15) is 5.76 Å². The summed E-state index contributed by atoms with van der Waals surface area (Å²) < 4.78 is 28.8. The molecule has 2 aromatic carbocycles. The zero-order valence-corrected chi connectivity index (χ0v) is 16.7. The molecule has 3 aromatic rings. The first kappa shape index (κ1) is 20.8. The molecule has 7 nitrogen and oxygen atoms in total. The number of nitrogens with zero attached hydrogens (tertiary/aromatic N) is 1. The Balaban J connectivity index is 1.95. The van der Waals surface area contributed by atoms with Gasteiger partial charge < -0.3 is 4.42 Å². The monoisotopic (exact) mass is 414 g/mol. The van der Waals surface area contributed by atoms with Gasteiger partial charge in [0.05, 0.1) is 11.2 Å². The molecule has 0 spiro atoms. The Kier molecular flexibility index (Phi) is 6.17. The quantitative estimate of drug-likeness (QED) is 0.454. The molecule has 152 valence electrons. The van der Waals surface area contributed by atoms with Crippen LogP contribution in [0.4, 0.5) is 0 Å². The second-order valence-electron chi connectivity index (χ2n) is 6.65. The molecule has 0 unspecified atom stereocenters. The van der Waals surface area contributed by atoms with Crippen LogP contribution < -0.4 is 5.14 Å². The fraction of sp³-hybridized carbons (Fsp3) is 0.190. The van der Waals surface area contributed by atoms with Crippen molar-refractivity contribution in [1.82, 2.24) is 5.06 Å². The van der Waals surface area contributed by atoms with Gasteiger partial charge in [0.15, 0.2) is 0 Å². The highest BCUT2D eigenvalue weighted by Gasteiger charge is 2.18. The summed E-state index contributed by atoms with van der Waals surface area (Å²) in [5, 5.41) is 14.9. The van der Waals surface area contributed by atoms with E-state index in [1.807, 2.05) is 30.3 Å². The van der Waals surface area contributed by atoms with Gasteiger partial charge in [-0.1, -0.05) is 42.5 Å². The molecule has 0 aliphatic carbocycles. The first-order chi connectivity index (χ1) is 13.8. The van der Waals surface area contributed by atoms with Crippen molar-refractivity contribution in [2.75, 3.05) is 7.05 Å². The largest absolute Gasteiger partial charge is 0.468 e. The third-order valence-electron chi connectivity index (χ3n) is 4.58. The Morgan fingerprint density at radius 1 is 1.07 bits per heavy atom. The van der Waals surface area contributed by atoms with E-state index in [-0.39, 0.29) is 17.2 Å². The Morgan fingerprint density at radius 3 is 2.31 bits per heavy atom. The van der Waals surface area contributed by atoms with E-state index in [1.54, 1.807) is 18.4 Å². The third kappa shape index (κ3) is 4.92. The van der Waals surface area contributed by atoms with Gasteiger partial charge in [-0.05, 0) is 29.7 Å². The summed E-state index contributed by atoms with van der Waals surface area (Å²) in [4.78, 5) is 11.7. The number of furan rings is 1. The van der Waals surface area contributed by atoms with E-state index in [0.29, 0.717) is 17.9 Å². The summed E-state index contributed by atoms with van der Waals surface area (Å²) in [5.41, 5.74) is 3.45. The molecule has 0 aliphatic heterocycles. The second-order valence-corrected chi connectivity index (χ2v) is 8.22. The van der Waals surface area contributed by atoms with Crippen LogP contribution >= 0.6 is 0 Å². The van der Waals surface area contributed by atoms with Crippen LogP contribution in [0, 0.1) is 0 Å². The smallest absolute Gasteiger partial charge is 0.245 e. The zero-order valence-electron chi connectivity index (χ0n) is 15.9. The number of rotatable bonds is 7. The van der Waals surface area contributed by atoms with Gasteiger partial charge in [-0.25, -0.2) is 18.6 Å². The molecule has 29 heavy (non-hydrogen) atoms. The first-order valence-corrected chi connectivity index (χ1v) is 10.6. The predicted molar refractivity (Wildman–Crippen MR) is 108 cm³/mol. The number of carbonyl (C=O) groups is 1. The second kappa shape index (κ2) is 8.60. The van der Waals surface area contributed by atoms with Crippen molar-refractivity contribution < 1.29 is 22.8 Å². The lowest BCUT2D eigenvalue weighted by Gasteiger charge is -2.09. The lowest BCUT2D eigenvalue weighted by Crippen LogP contribution is -2.22. The molecule has 0 fully saturated rings. The lowest BCUT2D eigenvalue weighted by atomic mass is 9.95. The SMILES string of the molecule is CN(O)C(=O)CCCc1occ(-c2ccc(S(N)(=O)=O)cc2)c1-c1ccccc1. The average Bonchev–Trinajstić information content (AvgIpc) is 3.11. The summed E-state index contributed by atoms with van der Waals surface area (Å²) in [7, 11) is -2.47. The van der Waals surface area contributed by atoms with E-state index in [2.05, 4.69) is 0 Å². The lowest BCUT2D eigenvalue weighted by molar-refractivity contribution is -0.159. The molecule has 0 saturated carbocycles. The van der Waals surface area contributed by atoms with Crippen LogP contribution in [-0.4, -0.2) is 31.6 Å². The summed E-state index contributed by atoms with van der Waals surface area (Å²) in [6.07, 6.45) is 2.85. The fourth-order valence-electron chi connectivity index (χ4n) is 3.10. The van der Waals surface area contributed by atoms with Crippen LogP contribution in [0.15, 0.2) is 70.2 Å². The Morgan fingerprint density at radius 2 is 1.72 bits per heavy atom. The number of aryl methyl sites for hydroxylation is 1. The zero-order chi connectivity index (χ0) is 21.0. The minimum atomic E-state index is -3.77. The van der Waals surface area contributed by atoms with Gasteiger partial charge in [0.2, 0.25) is 15.9 Å². The number of hydrogen-bond acceptors (Lipinski definition) is 5. The highest BCUT2D eigenvalue weighted by molar-refractivity contribution is 7.89. The number of amides is 1. The molecule has 0 aliphatic rings. The molecule has 3 N–H and O–H groups in total. The Bertz CT molecular complexity index is 1090. The van der Waals surface area contributed by atoms with E-state index in [4.69, 9.17) is 9.56 Å². The van der Waals surface area contributed by atoms with Crippen molar-refractivity contribution in [2.45, 2.75) is 24.2 Å². The number of benzene rings is 2. The van der Waals surface area contributed by atoms with E-state index >= 15 is 0 Å². The van der Waals surface area contributed by atoms with Crippen molar-refractivity contribution in [3.05, 3.63) is 66.6 Å². The van der Waals surface area contributed by atoms with Crippen LogP contribution in [0.3, 0.4) is 0 Å². The fourth-order valence-corrected chi connectivity index (χ4v) is 3.62. The van der Waals surface area contributed by atoms with Crippen molar-refractivity contribution in [3.8, 4) is 22.3 Å². The minimum absolute atomic E-state index is 0.0397. The number of carbonyl (C=O) groups excluding carboxylic acids is 1. The molecular weight excluding hydrogens is 392 g/mol. The topological polar surface area (TPSA) is 114 Å². The number of hydrogen-bond donors (Lipinski definition) is 2. The normalized spacial score (nSPS) is 11.4. The van der Waals surface area contributed by atoms with Crippen LogP contribution in [0.2, 0.25) is 0 Å². The van der Waals surface area contributed by atoms with E-state index < -0.39 is 10.0 Å². The van der Waals surface area contributed by atoms with Crippen molar-refractivity contribution in [1.29, 1.82) is 0 Å². The number of nitrogens with two attached hydrogens (primary N) is 1. The van der Waals surface area contributed by atoms with Crippen molar-refractivity contribution in [3.63, 3.8) is 0 Å². The van der Waals surface area contributed by atoms with E-state index in [9.17, 15) is 18.4 Å². The van der Waals surface area contributed by atoms with Gasteiger partial charge in [0, 0.05) is 31.0 Å². The maximum Gasteiger partial charge on any atom is 0.245 e. The van der Waals surface area contributed by atoms with Crippen LogP contribution in [0.5, 0.6) is 0 Å². The molecular formula is C21H22N2O5S. The van der Waals surface area contributed by atoms with Crippen LogP contribution in [0.25, 0.3) is 22.3 Å². The van der Waals surface area contributed by atoms with Crippen LogP contribution in [0.1, 0.15) is 18.6 Å². The highest BCUT2D eigenvalue weighted by atomic mass is 32.2.